The lowest BCUT2D eigenvalue weighted by molar-refractivity contribution is 0.354. The van der Waals surface area contributed by atoms with E-state index in [1.54, 1.807) is 18.9 Å². The molecule has 7 heteroatoms. The van der Waals surface area contributed by atoms with Crippen LogP contribution in [0.4, 0.5) is 0 Å². The molecule has 1 aromatic heterocycles. The Balaban J connectivity index is 1.84. The number of nitrogens with two attached hydrogens (primary N) is 1. The van der Waals surface area contributed by atoms with Crippen molar-refractivity contribution < 1.29 is 9.47 Å². The van der Waals surface area contributed by atoms with Crippen molar-refractivity contribution in [2.24, 2.45) is 17.8 Å². The summed E-state index contributed by atoms with van der Waals surface area (Å²) in [4.78, 5) is 4.33. The Labute approximate surface area is 136 Å². The van der Waals surface area contributed by atoms with E-state index in [1.165, 1.54) is 0 Å². The van der Waals surface area contributed by atoms with E-state index < -0.39 is 0 Å². The van der Waals surface area contributed by atoms with Crippen molar-refractivity contribution in [3.05, 3.63) is 41.7 Å². The molecule has 23 heavy (non-hydrogen) atoms. The van der Waals surface area contributed by atoms with Crippen molar-refractivity contribution in [1.29, 1.82) is 0 Å². The number of aryl methyl sites for hydroxylation is 1. The van der Waals surface area contributed by atoms with Gasteiger partial charge in [-0.1, -0.05) is 6.07 Å². The van der Waals surface area contributed by atoms with Crippen LogP contribution in [-0.4, -0.2) is 36.5 Å². The molecule has 0 radical (unpaired) electrons. The average Bonchev–Trinajstić information content (AvgIpc) is 2.98. The molecule has 0 bridgehead atoms. The molecule has 2 aromatic rings. The Kier molecular flexibility index (Phi) is 5.85. The van der Waals surface area contributed by atoms with Gasteiger partial charge in [0.05, 0.1) is 27.0 Å². The number of benzene rings is 1. The first-order valence-corrected chi connectivity index (χ1v) is 7.34. The lowest BCUT2D eigenvalue weighted by Crippen LogP contribution is -2.33. The van der Waals surface area contributed by atoms with Crippen LogP contribution in [-0.2, 0) is 20.0 Å². The number of rotatable bonds is 7. The molecule has 3 N–H and O–H groups in total. The van der Waals surface area contributed by atoms with Crippen molar-refractivity contribution in [2.45, 2.75) is 13.0 Å². The second-order valence-electron chi connectivity index (χ2n) is 5.09. The van der Waals surface area contributed by atoms with Gasteiger partial charge in [-0.15, -0.1) is 0 Å². The predicted molar refractivity (Wildman–Crippen MR) is 89.8 cm³/mol. The Morgan fingerprint density at radius 1 is 1.26 bits per heavy atom. The molecule has 1 aromatic carbocycles. The summed E-state index contributed by atoms with van der Waals surface area (Å²) in [5, 5.41) is 7.22. The van der Waals surface area contributed by atoms with E-state index in [9.17, 15) is 0 Å². The molecule has 7 nitrogen and oxygen atoms in total. The average molecular weight is 317 g/mol. The molecular formula is C16H23N5O2. The minimum atomic E-state index is 0.420. The van der Waals surface area contributed by atoms with Crippen LogP contribution in [0.2, 0.25) is 0 Å². The van der Waals surface area contributed by atoms with Crippen LogP contribution in [0.15, 0.2) is 35.6 Å². The molecule has 0 saturated heterocycles. The van der Waals surface area contributed by atoms with E-state index in [4.69, 9.17) is 15.2 Å². The van der Waals surface area contributed by atoms with E-state index in [2.05, 4.69) is 15.4 Å². The molecule has 0 saturated carbocycles. The van der Waals surface area contributed by atoms with Crippen LogP contribution >= 0.6 is 0 Å². The standard InChI is InChI=1S/C16H23N5O2/c1-21-11-13(10-20-21)6-7-18-16(17)19-9-12-4-5-14(22-2)15(8-12)23-3/h4-5,8,10-11H,6-7,9H2,1-3H3,(H3,17,18,19). The zero-order valence-corrected chi connectivity index (χ0v) is 13.7. The lowest BCUT2D eigenvalue weighted by atomic mass is 10.2. The van der Waals surface area contributed by atoms with Gasteiger partial charge in [0.1, 0.15) is 0 Å². The summed E-state index contributed by atoms with van der Waals surface area (Å²) in [5.41, 5.74) is 8.04. The van der Waals surface area contributed by atoms with Crippen molar-refractivity contribution in [3.8, 4) is 11.5 Å². The highest BCUT2D eigenvalue weighted by Crippen LogP contribution is 2.27. The molecule has 1 heterocycles. The van der Waals surface area contributed by atoms with E-state index in [-0.39, 0.29) is 0 Å². The third-order valence-corrected chi connectivity index (χ3v) is 3.36. The Morgan fingerprint density at radius 2 is 2.04 bits per heavy atom. The fourth-order valence-corrected chi connectivity index (χ4v) is 2.15. The topological polar surface area (TPSA) is 86.7 Å². The molecule has 0 fully saturated rings. The predicted octanol–water partition coefficient (Wildman–Crippen LogP) is 1.08. The van der Waals surface area contributed by atoms with Crippen LogP contribution in [0.1, 0.15) is 11.1 Å². The molecule has 0 aliphatic carbocycles. The van der Waals surface area contributed by atoms with Gasteiger partial charge in [-0.2, -0.15) is 5.10 Å². The molecule has 124 valence electrons. The maximum Gasteiger partial charge on any atom is 0.188 e. The fraction of sp³-hybridized carbons (Fsp3) is 0.375. The van der Waals surface area contributed by atoms with Gasteiger partial charge in [-0.25, -0.2) is 4.99 Å². The lowest BCUT2D eigenvalue weighted by Gasteiger charge is -2.09. The zero-order valence-electron chi connectivity index (χ0n) is 13.7. The Hall–Kier alpha value is -2.70. The summed E-state index contributed by atoms with van der Waals surface area (Å²) >= 11 is 0. The number of nitrogens with one attached hydrogen (secondary N) is 1. The fourth-order valence-electron chi connectivity index (χ4n) is 2.15. The van der Waals surface area contributed by atoms with Gasteiger partial charge in [-0.3, -0.25) is 4.68 Å². The smallest absolute Gasteiger partial charge is 0.188 e. The van der Waals surface area contributed by atoms with Gasteiger partial charge < -0.3 is 20.5 Å². The van der Waals surface area contributed by atoms with Crippen LogP contribution in [0.3, 0.4) is 0 Å². The molecule has 0 unspecified atom stereocenters. The van der Waals surface area contributed by atoms with Crippen molar-refractivity contribution in [1.82, 2.24) is 15.1 Å². The van der Waals surface area contributed by atoms with Gasteiger partial charge in [-0.05, 0) is 29.7 Å². The van der Waals surface area contributed by atoms with Gasteiger partial charge >= 0.3 is 0 Å². The Bertz CT molecular complexity index is 666. The molecule has 0 aliphatic heterocycles. The second-order valence-corrected chi connectivity index (χ2v) is 5.09. The highest BCUT2D eigenvalue weighted by molar-refractivity contribution is 5.77. The van der Waals surface area contributed by atoms with Crippen LogP contribution < -0.4 is 20.5 Å². The number of nitrogens with zero attached hydrogens (tertiary/aromatic N) is 3. The van der Waals surface area contributed by atoms with Crippen LogP contribution in [0, 0.1) is 0 Å². The van der Waals surface area contributed by atoms with Crippen LogP contribution in [0.5, 0.6) is 11.5 Å². The van der Waals surface area contributed by atoms with E-state index in [0.29, 0.717) is 30.5 Å². The second kappa shape index (κ2) is 8.07. The molecule has 0 atom stereocenters. The molecule has 0 spiro atoms. The summed E-state index contributed by atoms with van der Waals surface area (Å²) in [6.07, 6.45) is 4.68. The van der Waals surface area contributed by atoms with E-state index >= 15 is 0 Å². The maximum atomic E-state index is 5.88. The highest BCUT2D eigenvalue weighted by atomic mass is 16.5. The van der Waals surface area contributed by atoms with Crippen molar-refractivity contribution in [2.75, 3.05) is 20.8 Å². The summed E-state index contributed by atoms with van der Waals surface area (Å²) < 4.78 is 12.3. The van der Waals surface area contributed by atoms with E-state index in [1.807, 2.05) is 37.6 Å². The first-order chi connectivity index (χ1) is 11.1. The first kappa shape index (κ1) is 16.7. The first-order valence-electron chi connectivity index (χ1n) is 7.34. The van der Waals surface area contributed by atoms with Crippen LogP contribution in [0.25, 0.3) is 0 Å². The van der Waals surface area contributed by atoms with Gasteiger partial charge in [0, 0.05) is 19.8 Å². The normalized spacial score (nSPS) is 11.3. The van der Waals surface area contributed by atoms with E-state index in [0.717, 1.165) is 17.5 Å². The number of guanidine groups is 1. The number of ether oxygens (including phenoxy) is 2. The summed E-state index contributed by atoms with van der Waals surface area (Å²) in [6.45, 7) is 1.19. The summed E-state index contributed by atoms with van der Waals surface area (Å²) in [6, 6.07) is 5.69. The number of aliphatic imine (C=N–C) groups is 1. The number of aromatic nitrogens is 2. The van der Waals surface area contributed by atoms with Gasteiger partial charge in [0.15, 0.2) is 17.5 Å². The minimum absolute atomic E-state index is 0.420. The highest BCUT2D eigenvalue weighted by Gasteiger charge is 2.04. The maximum absolute atomic E-state index is 5.88. The summed E-state index contributed by atoms with van der Waals surface area (Å²) in [7, 11) is 5.12. The molecule has 2 rings (SSSR count). The monoisotopic (exact) mass is 317 g/mol. The number of hydrogen-bond donors (Lipinski definition) is 2. The summed E-state index contributed by atoms with van der Waals surface area (Å²) in [5.74, 6) is 1.80. The number of methoxy groups -OCH3 is 2. The zero-order chi connectivity index (χ0) is 16.7. The third-order valence-electron chi connectivity index (χ3n) is 3.36. The quantitative estimate of drug-likeness (QED) is 0.589. The molecular weight excluding hydrogens is 294 g/mol. The Morgan fingerprint density at radius 3 is 2.70 bits per heavy atom. The van der Waals surface area contributed by atoms with Gasteiger partial charge in [0.2, 0.25) is 0 Å². The number of hydrogen-bond acceptors (Lipinski definition) is 4. The molecule has 0 amide bonds. The van der Waals surface area contributed by atoms with Gasteiger partial charge in [0.25, 0.3) is 0 Å². The SMILES string of the molecule is COc1ccc(CN=C(N)NCCc2cnn(C)c2)cc1OC. The largest absolute Gasteiger partial charge is 0.493 e. The third kappa shape index (κ3) is 4.91. The van der Waals surface area contributed by atoms with Crippen molar-refractivity contribution in [3.63, 3.8) is 0 Å². The minimum Gasteiger partial charge on any atom is -0.493 e. The van der Waals surface area contributed by atoms with Crippen molar-refractivity contribution >= 4 is 5.96 Å². The molecule has 0 aliphatic rings.